The Hall–Kier alpha value is -2.11. The number of amides is 1. The zero-order chi connectivity index (χ0) is 14.9. The summed E-state index contributed by atoms with van der Waals surface area (Å²) in [5.74, 6) is -2.06. The summed E-state index contributed by atoms with van der Waals surface area (Å²) in [5.41, 5.74) is -0.157. The van der Waals surface area contributed by atoms with Crippen molar-refractivity contribution in [3.05, 3.63) is 45.9 Å². The van der Waals surface area contributed by atoms with Crippen LogP contribution in [0, 0.1) is 0 Å². The van der Waals surface area contributed by atoms with E-state index in [-0.39, 0.29) is 27.0 Å². The van der Waals surface area contributed by atoms with Crippen LogP contribution in [0.4, 0.5) is 5.69 Å². The first-order chi connectivity index (χ1) is 9.40. The van der Waals surface area contributed by atoms with Crippen molar-refractivity contribution in [2.24, 2.45) is 0 Å². The molecule has 104 valence electrons. The normalized spacial score (nSPS) is 10.3. The number of nitrogens with one attached hydrogen (secondary N) is 1. The fourth-order valence-corrected chi connectivity index (χ4v) is 2.06. The number of para-hydroxylation sites is 1. The molecular weight excluding hydrogens is 305 g/mol. The molecule has 1 amide bonds. The first-order valence-electron chi connectivity index (χ1n) is 5.40. The molecule has 0 aliphatic heterocycles. The lowest BCUT2D eigenvalue weighted by molar-refractivity contribution is 0.102. The molecule has 0 saturated heterocycles. The van der Waals surface area contributed by atoms with Gasteiger partial charge in [-0.25, -0.2) is 0 Å². The molecule has 0 aliphatic carbocycles. The molecule has 0 unspecified atom stereocenters. The Bertz CT molecular complexity index is 688. The van der Waals surface area contributed by atoms with E-state index in [1.54, 1.807) is 0 Å². The minimum Gasteiger partial charge on any atom is -0.504 e. The van der Waals surface area contributed by atoms with Gasteiger partial charge in [0.15, 0.2) is 17.2 Å². The quantitative estimate of drug-likeness (QED) is 0.640. The molecule has 5 nitrogen and oxygen atoms in total. The van der Waals surface area contributed by atoms with Gasteiger partial charge in [0.25, 0.3) is 5.91 Å². The maximum absolute atomic E-state index is 12.0. The number of hydrogen-bond acceptors (Lipinski definition) is 4. The number of carbonyl (C=O) groups is 1. The van der Waals surface area contributed by atoms with Crippen LogP contribution in [0.2, 0.25) is 10.0 Å². The van der Waals surface area contributed by atoms with Gasteiger partial charge in [-0.05, 0) is 24.3 Å². The maximum Gasteiger partial charge on any atom is 0.259 e. The van der Waals surface area contributed by atoms with Gasteiger partial charge in [0.05, 0.1) is 16.3 Å². The number of carbonyl (C=O) groups excluding carboxylic acids is 1. The van der Waals surface area contributed by atoms with Crippen LogP contribution in [0.5, 0.6) is 17.2 Å². The third-order valence-corrected chi connectivity index (χ3v) is 3.04. The zero-order valence-electron chi connectivity index (χ0n) is 9.89. The predicted molar refractivity (Wildman–Crippen MR) is 75.9 cm³/mol. The molecule has 2 aromatic carbocycles. The molecule has 0 bridgehead atoms. The first kappa shape index (κ1) is 14.3. The van der Waals surface area contributed by atoms with E-state index in [1.165, 1.54) is 30.3 Å². The summed E-state index contributed by atoms with van der Waals surface area (Å²) < 4.78 is 0. The third kappa shape index (κ3) is 2.74. The third-order valence-electron chi connectivity index (χ3n) is 2.54. The predicted octanol–water partition coefficient (Wildman–Crippen LogP) is 3.36. The molecule has 7 heteroatoms. The number of phenolic OH excluding ortho intramolecular Hbond substituents is 3. The van der Waals surface area contributed by atoms with Crippen molar-refractivity contribution in [3.63, 3.8) is 0 Å². The van der Waals surface area contributed by atoms with Crippen molar-refractivity contribution >= 4 is 34.8 Å². The molecule has 0 heterocycles. The summed E-state index contributed by atoms with van der Waals surface area (Å²) in [5, 5.41) is 31.2. The standard InChI is InChI=1S/C13H9Cl2NO4/c14-6-4-8(15)12(19)9(5-6)16-13(20)7-2-1-3-10(17)11(7)18/h1-5,17-19H,(H,16,20). The van der Waals surface area contributed by atoms with Crippen molar-refractivity contribution in [2.75, 3.05) is 5.32 Å². The summed E-state index contributed by atoms with van der Waals surface area (Å²) in [6.07, 6.45) is 0. The van der Waals surface area contributed by atoms with Crippen molar-refractivity contribution in [1.29, 1.82) is 0 Å². The summed E-state index contributed by atoms with van der Waals surface area (Å²) >= 11 is 11.5. The number of hydrogen-bond donors (Lipinski definition) is 4. The average molecular weight is 314 g/mol. The SMILES string of the molecule is O=C(Nc1cc(Cl)cc(Cl)c1O)c1cccc(O)c1O. The van der Waals surface area contributed by atoms with Gasteiger partial charge in [0, 0.05) is 5.02 Å². The number of rotatable bonds is 2. The molecular formula is C13H9Cl2NO4. The van der Waals surface area contributed by atoms with Crippen LogP contribution in [0.15, 0.2) is 30.3 Å². The van der Waals surface area contributed by atoms with E-state index < -0.39 is 17.4 Å². The van der Waals surface area contributed by atoms with Crippen molar-refractivity contribution < 1.29 is 20.1 Å². The van der Waals surface area contributed by atoms with E-state index in [1.807, 2.05) is 0 Å². The second-order valence-corrected chi connectivity index (χ2v) is 4.75. The van der Waals surface area contributed by atoms with Crippen LogP contribution in [0.25, 0.3) is 0 Å². The van der Waals surface area contributed by atoms with Crippen LogP contribution < -0.4 is 5.32 Å². The van der Waals surface area contributed by atoms with Crippen LogP contribution in [-0.4, -0.2) is 21.2 Å². The van der Waals surface area contributed by atoms with Crippen molar-refractivity contribution in [3.8, 4) is 17.2 Å². The molecule has 2 aromatic rings. The average Bonchev–Trinajstić information content (AvgIpc) is 2.38. The largest absolute Gasteiger partial charge is 0.504 e. The Morgan fingerprint density at radius 3 is 2.45 bits per heavy atom. The van der Waals surface area contributed by atoms with Gasteiger partial charge in [0.1, 0.15) is 0 Å². The molecule has 0 radical (unpaired) electrons. The highest BCUT2D eigenvalue weighted by Gasteiger charge is 2.16. The molecule has 0 aromatic heterocycles. The van der Waals surface area contributed by atoms with E-state index in [0.717, 1.165) is 0 Å². The van der Waals surface area contributed by atoms with E-state index in [2.05, 4.69) is 5.32 Å². The van der Waals surface area contributed by atoms with Crippen molar-refractivity contribution in [2.45, 2.75) is 0 Å². The Morgan fingerprint density at radius 1 is 1.05 bits per heavy atom. The zero-order valence-corrected chi connectivity index (χ0v) is 11.4. The Labute approximate surface area is 124 Å². The van der Waals surface area contributed by atoms with Gasteiger partial charge >= 0.3 is 0 Å². The second kappa shape index (κ2) is 5.48. The number of aromatic hydroxyl groups is 3. The van der Waals surface area contributed by atoms with Crippen LogP contribution >= 0.6 is 23.2 Å². The second-order valence-electron chi connectivity index (χ2n) is 3.91. The molecule has 2 rings (SSSR count). The summed E-state index contributed by atoms with van der Waals surface area (Å²) in [6.45, 7) is 0. The Balaban J connectivity index is 2.35. The van der Waals surface area contributed by atoms with Gasteiger partial charge < -0.3 is 20.6 Å². The molecule has 20 heavy (non-hydrogen) atoms. The summed E-state index contributed by atoms with van der Waals surface area (Å²) in [7, 11) is 0. The van der Waals surface area contributed by atoms with Gasteiger partial charge in [-0.3, -0.25) is 4.79 Å². The van der Waals surface area contributed by atoms with Crippen LogP contribution in [0.3, 0.4) is 0 Å². The lowest BCUT2D eigenvalue weighted by Gasteiger charge is -2.10. The smallest absolute Gasteiger partial charge is 0.259 e. The van der Waals surface area contributed by atoms with Gasteiger partial charge in [-0.1, -0.05) is 29.3 Å². The molecule has 4 N–H and O–H groups in total. The highest BCUT2D eigenvalue weighted by atomic mass is 35.5. The maximum atomic E-state index is 12.0. The molecule has 0 aliphatic rings. The molecule has 0 fully saturated rings. The van der Waals surface area contributed by atoms with Gasteiger partial charge in [-0.2, -0.15) is 0 Å². The summed E-state index contributed by atoms with van der Waals surface area (Å²) in [6, 6.07) is 6.57. The van der Waals surface area contributed by atoms with E-state index in [4.69, 9.17) is 23.2 Å². The number of halogens is 2. The van der Waals surface area contributed by atoms with Gasteiger partial charge in [-0.15, -0.1) is 0 Å². The van der Waals surface area contributed by atoms with Crippen molar-refractivity contribution in [1.82, 2.24) is 0 Å². The molecule has 0 spiro atoms. The minimum atomic E-state index is -0.730. The number of phenols is 3. The summed E-state index contributed by atoms with van der Waals surface area (Å²) in [4.78, 5) is 12.0. The van der Waals surface area contributed by atoms with Crippen LogP contribution in [0.1, 0.15) is 10.4 Å². The van der Waals surface area contributed by atoms with E-state index in [0.29, 0.717) is 0 Å². The minimum absolute atomic E-state index is 0.00440. The fraction of sp³-hybridized carbons (Fsp3) is 0. The Morgan fingerprint density at radius 2 is 1.75 bits per heavy atom. The first-order valence-corrected chi connectivity index (χ1v) is 6.16. The van der Waals surface area contributed by atoms with E-state index >= 15 is 0 Å². The Kier molecular flexibility index (Phi) is 3.92. The van der Waals surface area contributed by atoms with Gasteiger partial charge in [0.2, 0.25) is 0 Å². The monoisotopic (exact) mass is 313 g/mol. The molecule has 0 atom stereocenters. The number of benzene rings is 2. The molecule has 0 saturated carbocycles. The topological polar surface area (TPSA) is 89.8 Å². The number of anilines is 1. The highest BCUT2D eigenvalue weighted by Crippen LogP contribution is 2.36. The fourth-order valence-electron chi connectivity index (χ4n) is 1.57. The van der Waals surface area contributed by atoms with E-state index in [9.17, 15) is 20.1 Å². The van der Waals surface area contributed by atoms with Crippen LogP contribution in [-0.2, 0) is 0 Å². The highest BCUT2D eigenvalue weighted by molar-refractivity contribution is 6.36. The lowest BCUT2D eigenvalue weighted by atomic mass is 10.1. The lowest BCUT2D eigenvalue weighted by Crippen LogP contribution is -2.12.